The third-order valence-corrected chi connectivity index (χ3v) is 7.18. The van der Waals surface area contributed by atoms with E-state index < -0.39 is 12.0 Å². The molecule has 7 heteroatoms. The molecular weight excluding hydrogens is 326 g/mol. The number of carboxylic acid groups (broad SMARTS) is 1. The van der Waals surface area contributed by atoms with Gasteiger partial charge in [-0.25, -0.2) is 4.79 Å². The largest absolute Gasteiger partial charge is 0.480 e. The lowest BCUT2D eigenvalue weighted by Gasteiger charge is -2.29. The van der Waals surface area contributed by atoms with Gasteiger partial charge in [-0.15, -0.1) is 34.4 Å². The van der Waals surface area contributed by atoms with Gasteiger partial charge in [-0.05, 0) is 23.4 Å². The first-order valence-electron chi connectivity index (χ1n) is 6.63. The van der Waals surface area contributed by atoms with E-state index in [-0.39, 0.29) is 17.2 Å². The summed E-state index contributed by atoms with van der Waals surface area (Å²) in [6.07, 6.45) is 0. The molecule has 21 heavy (non-hydrogen) atoms. The van der Waals surface area contributed by atoms with Crippen molar-refractivity contribution in [3.05, 3.63) is 22.4 Å². The molecule has 0 spiro atoms. The second kappa shape index (κ2) is 5.62. The Labute approximate surface area is 134 Å². The first kappa shape index (κ1) is 14.9. The van der Waals surface area contributed by atoms with Crippen LogP contribution in [-0.4, -0.2) is 39.1 Å². The van der Waals surface area contributed by atoms with Crippen molar-refractivity contribution in [3.63, 3.8) is 0 Å². The van der Waals surface area contributed by atoms with Crippen LogP contribution in [0.4, 0.5) is 0 Å². The summed E-state index contributed by atoms with van der Waals surface area (Å²) in [6.45, 7) is 4.05. The van der Waals surface area contributed by atoms with E-state index in [2.05, 4.69) is 0 Å². The molecule has 0 aliphatic carbocycles. The van der Waals surface area contributed by atoms with Crippen molar-refractivity contribution in [2.75, 3.05) is 5.75 Å². The number of amides is 1. The number of nitrogens with zero attached hydrogens (tertiary/aromatic N) is 1. The van der Waals surface area contributed by atoms with E-state index in [0.717, 1.165) is 9.40 Å². The van der Waals surface area contributed by atoms with E-state index in [1.54, 1.807) is 28.0 Å². The van der Waals surface area contributed by atoms with Gasteiger partial charge in [0, 0.05) is 15.2 Å². The molecule has 2 aromatic heterocycles. The van der Waals surface area contributed by atoms with Crippen molar-refractivity contribution in [3.8, 4) is 0 Å². The Morgan fingerprint density at radius 2 is 2.14 bits per heavy atom. The third kappa shape index (κ3) is 2.58. The smallest absolute Gasteiger partial charge is 0.327 e. The summed E-state index contributed by atoms with van der Waals surface area (Å²) >= 11 is 4.60. The summed E-state index contributed by atoms with van der Waals surface area (Å²) < 4.78 is 2.17. The highest BCUT2D eigenvalue weighted by Crippen LogP contribution is 2.37. The molecule has 1 aliphatic heterocycles. The molecule has 1 aliphatic rings. The van der Waals surface area contributed by atoms with Crippen LogP contribution < -0.4 is 0 Å². The summed E-state index contributed by atoms with van der Waals surface area (Å²) in [5.74, 6) is -0.384. The van der Waals surface area contributed by atoms with Crippen molar-refractivity contribution in [1.29, 1.82) is 0 Å². The fraction of sp³-hybridized carbons (Fsp3) is 0.429. The highest BCUT2D eigenvalue weighted by Gasteiger charge is 2.43. The maximum absolute atomic E-state index is 12.8. The minimum absolute atomic E-state index is 0.0706. The Balaban J connectivity index is 1.95. The molecule has 0 bridgehead atoms. The van der Waals surface area contributed by atoms with Crippen molar-refractivity contribution >= 4 is 55.7 Å². The van der Waals surface area contributed by atoms with Crippen LogP contribution >= 0.6 is 34.4 Å². The molecule has 112 valence electrons. The Hall–Kier alpha value is -1.05. The first-order valence-corrected chi connectivity index (χ1v) is 9.37. The molecule has 1 N–H and O–H groups in total. The van der Waals surface area contributed by atoms with E-state index in [4.69, 9.17) is 0 Å². The van der Waals surface area contributed by atoms with Crippen LogP contribution in [0.25, 0.3) is 9.40 Å². The van der Waals surface area contributed by atoms with Gasteiger partial charge in [0.15, 0.2) is 0 Å². The first-order chi connectivity index (χ1) is 9.99. The van der Waals surface area contributed by atoms with Gasteiger partial charge in [0.05, 0.1) is 10.3 Å². The Bertz CT molecular complexity index is 662. The maximum atomic E-state index is 12.8. The molecule has 2 unspecified atom stereocenters. The number of carboxylic acids is 1. The fourth-order valence-electron chi connectivity index (χ4n) is 2.49. The minimum atomic E-state index is -0.919. The number of thiophene rings is 2. The predicted octanol–water partition coefficient (Wildman–Crippen LogP) is 3.59. The van der Waals surface area contributed by atoms with E-state index >= 15 is 0 Å². The molecule has 0 aromatic carbocycles. The standard InChI is InChI=1S/C14H15NO3S3/c1-7(2)13-15(8(6-20-13)14(17)18)12(16)11-5-10-9(21-11)3-4-19-10/h3-5,7-8,13H,6H2,1-2H3,(H,17,18). The van der Waals surface area contributed by atoms with Gasteiger partial charge in [0.2, 0.25) is 0 Å². The Morgan fingerprint density at radius 3 is 2.76 bits per heavy atom. The monoisotopic (exact) mass is 341 g/mol. The number of aliphatic carboxylic acids is 1. The third-order valence-electron chi connectivity index (χ3n) is 3.47. The highest BCUT2D eigenvalue weighted by molar-refractivity contribution is 8.00. The predicted molar refractivity (Wildman–Crippen MR) is 88.4 cm³/mol. The van der Waals surface area contributed by atoms with Crippen molar-refractivity contribution in [2.24, 2.45) is 5.92 Å². The fourth-order valence-corrected chi connectivity index (χ4v) is 6.01. The number of thioether (sulfide) groups is 1. The second-order valence-corrected chi connectivity index (χ2v) is 8.48. The molecular formula is C14H15NO3S3. The molecule has 0 radical (unpaired) electrons. The summed E-state index contributed by atoms with van der Waals surface area (Å²) in [5, 5.41) is 11.3. The number of carbonyl (C=O) groups is 2. The van der Waals surface area contributed by atoms with Gasteiger partial charge in [-0.3, -0.25) is 4.79 Å². The number of fused-ring (bicyclic) bond motifs is 1. The van der Waals surface area contributed by atoms with Crippen LogP contribution in [0.3, 0.4) is 0 Å². The van der Waals surface area contributed by atoms with E-state index in [1.165, 1.54) is 11.3 Å². The van der Waals surface area contributed by atoms with Crippen LogP contribution in [0.15, 0.2) is 17.5 Å². The highest BCUT2D eigenvalue weighted by atomic mass is 32.2. The summed E-state index contributed by atoms with van der Waals surface area (Å²) in [4.78, 5) is 26.4. The van der Waals surface area contributed by atoms with Crippen molar-refractivity contribution < 1.29 is 14.7 Å². The van der Waals surface area contributed by atoms with Crippen LogP contribution in [0, 0.1) is 5.92 Å². The number of rotatable bonds is 3. The molecule has 3 rings (SSSR count). The molecule has 4 nitrogen and oxygen atoms in total. The summed E-state index contributed by atoms with van der Waals surface area (Å²) in [7, 11) is 0. The zero-order chi connectivity index (χ0) is 15.1. The van der Waals surface area contributed by atoms with Gasteiger partial charge in [-0.1, -0.05) is 13.8 Å². The zero-order valence-electron chi connectivity index (χ0n) is 11.6. The van der Waals surface area contributed by atoms with Gasteiger partial charge in [0.1, 0.15) is 6.04 Å². The van der Waals surface area contributed by atoms with Crippen molar-refractivity contribution in [1.82, 2.24) is 4.90 Å². The van der Waals surface area contributed by atoms with E-state index in [9.17, 15) is 14.7 Å². The number of hydrogen-bond donors (Lipinski definition) is 1. The van der Waals surface area contributed by atoms with Crippen LogP contribution in [0.1, 0.15) is 23.5 Å². The molecule has 0 saturated carbocycles. The van der Waals surface area contributed by atoms with Crippen LogP contribution in [-0.2, 0) is 4.79 Å². The maximum Gasteiger partial charge on any atom is 0.327 e. The van der Waals surface area contributed by atoms with Crippen molar-refractivity contribution in [2.45, 2.75) is 25.3 Å². The summed E-state index contributed by atoms with van der Waals surface area (Å²) in [6, 6.07) is 3.15. The van der Waals surface area contributed by atoms with Crippen LogP contribution in [0.2, 0.25) is 0 Å². The molecule has 3 heterocycles. The average molecular weight is 341 g/mol. The SMILES string of the molecule is CC(C)C1SCC(C(=O)O)N1C(=O)c1cc2sccc2s1. The Morgan fingerprint density at radius 1 is 1.38 bits per heavy atom. The second-order valence-electron chi connectivity index (χ2n) is 5.29. The van der Waals surface area contributed by atoms with E-state index in [0.29, 0.717) is 10.6 Å². The topological polar surface area (TPSA) is 57.6 Å². The van der Waals surface area contributed by atoms with Gasteiger partial charge >= 0.3 is 5.97 Å². The minimum Gasteiger partial charge on any atom is -0.480 e. The van der Waals surface area contributed by atoms with Gasteiger partial charge < -0.3 is 10.0 Å². The molecule has 2 atom stereocenters. The lowest BCUT2D eigenvalue weighted by Crippen LogP contribution is -2.46. The molecule has 1 amide bonds. The van der Waals surface area contributed by atoms with Gasteiger partial charge in [0.25, 0.3) is 5.91 Å². The lowest BCUT2D eigenvalue weighted by molar-refractivity contribution is -0.141. The quantitative estimate of drug-likeness (QED) is 0.927. The van der Waals surface area contributed by atoms with Gasteiger partial charge in [-0.2, -0.15) is 0 Å². The zero-order valence-corrected chi connectivity index (χ0v) is 14.1. The van der Waals surface area contributed by atoms with E-state index in [1.807, 2.05) is 31.4 Å². The number of carbonyl (C=O) groups excluding carboxylic acids is 1. The molecule has 1 saturated heterocycles. The Kier molecular flexibility index (Phi) is 3.98. The average Bonchev–Trinajstić information content (AvgIpc) is 3.10. The van der Waals surface area contributed by atoms with Crippen LogP contribution in [0.5, 0.6) is 0 Å². The molecule has 2 aromatic rings. The summed E-state index contributed by atoms with van der Waals surface area (Å²) in [5.41, 5.74) is 0. The number of hydrogen-bond acceptors (Lipinski definition) is 5. The molecule has 1 fully saturated rings. The lowest BCUT2D eigenvalue weighted by atomic mass is 10.1. The normalized spacial score (nSPS) is 22.3.